The molecule has 0 radical (unpaired) electrons. The van der Waals surface area contributed by atoms with Crippen molar-refractivity contribution in [2.45, 2.75) is 86.4 Å². The third-order valence-electron chi connectivity index (χ3n) is 8.12. The van der Waals surface area contributed by atoms with Crippen LogP contribution in [-0.4, -0.2) is 9.55 Å². The first kappa shape index (κ1) is 24.2. The van der Waals surface area contributed by atoms with E-state index in [2.05, 4.69) is 12.1 Å². The van der Waals surface area contributed by atoms with E-state index in [-0.39, 0.29) is 0 Å². The van der Waals surface area contributed by atoms with E-state index in [1.165, 1.54) is 0 Å². The summed E-state index contributed by atoms with van der Waals surface area (Å²) in [5, 5.41) is 1.93. The van der Waals surface area contributed by atoms with E-state index >= 15 is 0 Å². The van der Waals surface area contributed by atoms with Gasteiger partial charge in [-0.15, -0.1) is 0 Å². The SMILES string of the molecule is [2H]C(C)(C)c1cc(C([2H])(C)C)c(-n2ccnc2-c2cccc3c2oc2cc(-c4ccc(C([2H])([2H])C(C)(C)C)cc4)ccc23)c(C([2H])(C)C)c1. The Kier molecular flexibility index (Phi) is 6.30. The molecule has 2 heterocycles. The molecule has 0 bridgehead atoms. The topological polar surface area (TPSA) is 31.0 Å². The molecular weight excluding hydrogens is 536 g/mol. The number of hydrogen-bond donors (Lipinski definition) is 0. The molecule has 6 aromatic rings. The van der Waals surface area contributed by atoms with Crippen molar-refractivity contribution in [3.05, 3.63) is 107 Å². The van der Waals surface area contributed by atoms with Crippen molar-refractivity contribution in [2.75, 3.05) is 0 Å². The molecule has 3 heteroatoms. The largest absolute Gasteiger partial charge is 0.455 e. The van der Waals surface area contributed by atoms with Gasteiger partial charge in [0.1, 0.15) is 17.0 Å². The van der Waals surface area contributed by atoms with E-state index in [1.54, 1.807) is 6.20 Å². The first-order valence-electron chi connectivity index (χ1n) is 17.9. The molecular formula is C41H46N2O. The van der Waals surface area contributed by atoms with E-state index in [9.17, 15) is 0 Å². The lowest BCUT2D eigenvalue weighted by molar-refractivity contribution is 0.411. The van der Waals surface area contributed by atoms with Gasteiger partial charge in [0, 0.05) is 30.0 Å². The minimum Gasteiger partial charge on any atom is -0.455 e. The number of rotatable bonds is 7. The van der Waals surface area contributed by atoms with Crippen LogP contribution in [0.1, 0.15) is 109 Å². The van der Waals surface area contributed by atoms with Gasteiger partial charge in [-0.05, 0) is 81.0 Å². The van der Waals surface area contributed by atoms with Crippen LogP contribution in [0.15, 0.2) is 89.6 Å². The van der Waals surface area contributed by atoms with Crippen LogP contribution in [0.25, 0.3) is 50.1 Å². The maximum atomic E-state index is 9.17. The molecule has 6 rings (SSSR count). The number of furan rings is 1. The third-order valence-corrected chi connectivity index (χ3v) is 8.12. The zero-order valence-electron chi connectivity index (χ0n) is 32.4. The number of imidazole rings is 1. The Morgan fingerprint density at radius 3 is 2.07 bits per heavy atom. The molecule has 0 saturated carbocycles. The van der Waals surface area contributed by atoms with Gasteiger partial charge < -0.3 is 4.42 Å². The van der Waals surface area contributed by atoms with Crippen molar-refractivity contribution < 1.29 is 11.3 Å². The minimum absolute atomic E-state index is 0.533. The minimum atomic E-state index is -1.47. The van der Waals surface area contributed by atoms with Gasteiger partial charge in [-0.3, -0.25) is 4.57 Å². The van der Waals surface area contributed by atoms with E-state index in [0.29, 0.717) is 17.0 Å². The summed E-state index contributed by atoms with van der Waals surface area (Å²) in [6, 6.07) is 23.8. The predicted molar refractivity (Wildman–Crippen MR) is 187 cm³/mol. The molecule has 0 atom stereocenters. The molecule has 44 heavy (non-hydrogen) atoms. The first-order valence-corrected chi connectivity index (χ1v) is 15.4. The average molecular weight is 588 g/mol. The van der Waals surface area contributed by atoms with Crippen LogP contribution >= 0.6 is 0 Å². The van der Waals surface area contributed by atoms with Crippen LogP contribution in [0.3, 0.4) is 0 Å². The van der Waals surface area contributed by atoms with Gasteiger partial charge in [0.2, 0.25) is 0 Å². The van der Waals surface area contributed by atoms with Gasteiger partial charge in [0.05, 0.1) is 11.3 Å². The Bertz CT molecular complexity index is 2150. The maximum Gasteiger partial charge on any atom is 0.148 e. The van der Waals surface area contributed by atoms with Crippen LogP contribution in [0, 0.1) is 5.41 Å². The smallest absolute Gasteiger partial charge is 0.148 e. The van der Waals surface area contributed by atoms with Crippen LogP contribution in [0.4, 0.5) is 0 Å². The Hall–Kier alpha value is -4.11. The summed E-state index contributed by atoms with van der Waals surface area (Å²) in [4.78, 5) is 4.82. The molecule has 0 unspecified atom stereocenters. The van der Waals surface area contributed by atoms with Gasteiger partial charge in [-0.25, -0.2) is 4.98 Å². The standard InChI is InChI=1S/C41H46N2O/c1-25(2)31-21-35(26(3)4)38(36(22-31)27(5)6)43-20-19-42-40(43)34-12-10-11-33-32-18-17-30(23-37(32)44-39(33)34)29-15-13-28(14-16-29)24-41(7,8)9/h10-23,25-27H,24H2,1-9H3/i24D2,25D,26D,27D. The van der Waals surface area contributed by atoms with Crippen LogP contribution in [0.2, 0.25) is 0 Å². The lowest BCUT2D eigenvalue weighted by Gasteiger charge is -2.24. The molecule has 2 aromatic heterocycles. The van der Waals surface area contributed by atoms with E-state index in [1.807, 2.05) is 134 Å². The average Bonchev–Trinajstić information content (AvgIpc) is 3.63. The fourth-order valence-corrected chi connectivity index (χ4v) is 5.96. The number of aromatic nitrogens is 2. The van der Waals surface area contributed by atoms with E-state index in [4.69, 9.17) is 16.3 Å². The number of para-hydroxylation sites is 1. The Balaban J connectivity index is 1.51. The fourth-order valence-electron chi connectivity index (χ4n) is 5.96. The second kappa shape index (κ2) is 11.4. The molecule has 0 N–H and O–H groups in total. The molecule has 0 aliphatic heterocycles. The quantitative estimate of drug-likeness (QED) is 0.186. The number of benzene rings is 4. The highest BCUT2D eigenvalue weighted by Gasteiger charge is 2.23. The van der Waals surface area contributed by atoms with Crippen molar-refractivity contribution in [1.82, 2.24) is 9.55 Å². The molecule has 3 nitrogen and oxygen atoms in total. The summed E-state index contributed by atoms with van der Waals surface area (Å²) >= 11 is 0. The molecule has 0 aliphatic carbocycles. The van der Waals surface area contributed by atoms with E-state index < -0.39 is 29.5 Å². The van der Waals surface area contributed by atoms with Crippen LogP contribution in [0.5, 0.6) is 0 Å². The summed E-state index contributed by atoms with van der Waals surface area (Å²) in [5.74, 6) is -2.30. The van der Waals surface area contributed by atoms with Crippen molar-refractivity contribution in [3.8, 4) is 28.2 Å². The lowest BCUT2D eigenvalue weighted by Crippen LogP contribution is -2.10. The first-order chi connectivity index (χ1) is 22.6. The summed E-state index contributed by atoms with van der Waals surface area (Å²) in [6.45, 7) is 16.8. The van der Waals surface area contributed by atoms with Gasteiger partial charge >= 0.3 is 0 Å². The molecule has 0 fully saturated rings. The molecule has 0 aliphatic rings. The summed E-state index contributed by atoms with van der Waals surface area (Å²) < 4.78 is 53.0. The van der Waals surface area contributed by atoms with Gasteiger partial charge in [-0.1, -0.05) is 117 Å². The second-order valence-electron chi connectivity index (χ2n) is 13.5. The summed E-state index contributed by atoms with van der Waals surface area (Å²) in [6.07, 6.45) is 2.15. The normalized spacial score (nSPS) is 15.2. The molecule has 0 amide bonds. The van der Waals surface area contributed by atoms with Gasteiger partial charge in [-0.2, -0.15) is 0 Å². The van der Waals surface area contributed by atoms with Crippen molar-refractivity contribution in [1.29, 1.82) is 0 Å². The molecule has 4 aromatic carbocycles. The summed E-state index contributed by atoms with van der Waals surface area (Å²) in [5.41, 5.74) is 7.23. The zero-order valence-corrected chi connectivity index (χ0v) is 27.4. The van der Waals surface area contributed by atoms with Crippen LogP contribution < -0.4 is 0 Å². The van der Waals surface area contributed by atoms with Crippen molar-refractivity contribution in [2.24, 2.45) is 5.41 Å². The Morgan fingerprint density at radius 1 is 0.795 bits per heavy atom. The Morgan fingerprint density at radius 2 is 1.45 bits per heavy atom. The Labute approximate surface area is 270 Å². The van der Waals surface area contributed by atoms with Gasteiger partial charge in [0.25, 0.3) is 0 Å². The number of nitrogens with zero attached hydrogens (tertiary/aromatic N) is 2. The molecule has 226 valence electrons. The highest BCUT2D eigenvalue weighted by molar-refractivity contribution is 6.10. The molecule has 0 spiro atoms. The predicted octanol–water partition coefficient (Wildman–Crippen LogP) is 12.1. The number of hydrogen-bond acceptors (Lipinski definition) is 2. The van der Waals surface area contributed by atoms with Crippen molar-refractivity contribution in [3.63, 3.8) is 0 Å². The monoisotopic (exact) mass is 587 g/mol. The molecule has 0 saturated heterocycles. The summed E-state index contributed by atoms with van der Waals surface area (Å²) in [7, 11) is 0. The highest BCUT2D eigenvalue weighted by Crippen LogP contribution is 2.40. The second-order valence-corrected chi connectivity index (χ2v) is 13.5. The number of fused-ring (bicyclic) bond motifs is 3. The zero-order chi connectivity index (χ0) is 35.9. The van der Waals surface area contributed by atoms with Crippen molar-refractivity contribution >= 4 is 21.9 Å². The van der Waals surface area contributed by atoms with Crippen LogP contribution in [-0.2, 0) is 6.37 Å². The highest BCUT2D eigenvalue weighted by atomic mass is 16.3. The third kappa shape index (κ3) is 5.61. The fraction of sp³-hybridized carbons (Fsp3) is 0.341. The maximum absolute atomic E-state index is 9.17. The van der Waals surface area contributed by atoms with Gasteiger partial charge in [0.15, 0.2) is 0 Å². The van der Waals surface area contributed by atoms with E-state index in [0.717, 1.165) is 55.4 Å². The lowest BCUT2D eigenvalue weighted by atomic mass is 9.87.